The van der Waals surface area contributed by atoms with Crippen molar-refractivity contribution in [2.24, 2.45) is 4.99 Å². The van der Waals surface area contributed by atoms with Crippen molar-refractivity contribution < 1.29 is 9.47 Å². The lowest BCUT2D eigenvalue weighted by Crippen LogP contribution is -2.42. The number of nitrogens with zero attached hydrogens (tertiary/aromatic N) is 2. The highest BCUT2D eigenvalue weighted by molar-refractivity contribution is 7.10. The van der Waals surface area contributed by atoms with Crippen molar-refractivity contribution in [3.63, 3.8) is 0 Å². The second-order valence-corrected chi connectivity index (χ2v) is 8.01. The maximum Gasteiger partial charge on any atom is 0.191 e. The van der Waals surface area contributed by atoms with Gasteiger partial charge in [-0.1, -0.05) is 6.07 Å². The molecule has 1 fully saturated rings. The van der Waals surface area contributed by atoms with Gasteiger partial charge in [0.2, 0.25) is 0 Å². The smallest absolute Gasteiger partial charge is 0.191 e. The molecule has 2 heterocycles. The molecule has 7 heteroatoms. The van der Waals surface area contributed by atoms with Gasteiger partial charge in [-0.3, -0.25) is 4.90 Å². The van der Waals surface area contributed by atoms with Gasteiger partial charge in [-0.05, 0) is 56.4 Å². The fourth-order valence-electron chi connectivity index (χ4n) is 3.63. The van der Waals surface area contributed by atoms with Gasteiger partial charge >= 0.3 is 0 Å². The highest BCUT2D eigenvalue weighted by Gasteiger charge is 2.24. The number of ether oxygens (including phenoxy) is 2. The number of likely N-dealkylation sites (tertiary alicyclic amines) is 1. The van der Waals surface area contributed by atoms with Crippen LogP contribution in [0.5, 0.6) is 11.5 Å². The largest absolute Gasteiger partial charge is 0.497 e. The van der Waals surface area contributed by atoms with Crippen LogP contribution in [0.15, 0.2) is 40.7 Å². The second kappa shape index (κ2) is 11.1. The van der Waals surface area contributed by atoms with E-state index in [1.807, 2.05) is 29.5 Å². The molecule has 2 N–H and O–H groups in total. The summed E-state index contributed by atoms with van der Waals surface area (Å²) in [5.41, 5.74) is 1.03. The Kier molecular flexibility index (Phi) is 8.19. The van der Waals surface area contributed by atoms with Gasteiger partial charge < -0.3 is 20.1 Å². The molecule has 29 heavy (non-hydrogen) atoms. The molecule has 1 aliphatic heterocycles. The molecule has 3 rings (SSSR count). The minimum Gasteiger partial charge on any atom is -0.497 e. The van der Waals surface area contributed by atoms with E-state index in [-0.39, 0.29) is 0 Å². The Labute approximate surface area is 177 Å². The molecule has 0 aliphatic carbocycles. The zero-order valence-corrected chi connectivity index (χ0v) is 18.4. The summed E-state index contributed by atoms with van der Waals surface area (Å²) in [4.78, 5) is 8.77. The molecule has 0 saturated carbocycles. The Bertz CT molecular complexity index is 773. The number of thiophene rings is 1. The molecule has 0 bridgehead atoms. The molecule has 0 radical (unpaired) electrons. The van der Waals surface area contributed by atoms with E-state index in [9.17, 15) is 0 Å². The van der Waals surface area contributed by atoms with Gasteiger partial charge in [0.1, 0.15) is 11.5 Å². The maximum absolute atomic E-state index is 5.50. The van der Waals surface area contributed by atoms with E-state index in [2.05, 4.69) is 40.0 Å². The number of benzene rings is 1. The van der Waals surface area contributed by atoms with Crippen LogP contribution in [0.2, 0.25) is 0 Å². The first-order valence-corrected chi connectivity index (χ1v) is 11.1. The van der Waals surface area contributed by atoms with Crippen molar-refractivity contribution in [3.8, 4) is 11.5 Å². The maximum atomic E-state index is 5.50. The number of aliphatic imine (C=N–C) groups is 1. The van der Waals surface area contributed by atoms with Crippen LogP contribution in [-0.2, 0) is 6.54 Å². The van der Waals surface area contributed by atoms with E-state index in [0.29, 0.717) is 12.6 Å². The van der Waals surface area contributed by atoms with Crippen LogP contribution >= 0.6 is 11.3 Å². The van der Waals surface area contributed by atoms with Crippen molar-refractivity contribution in [3.05, 3.63) is 46.2 Å². The average Bonchev–Trinajstić information content (AvgIpc) is 3.47. The predicted molar refractivity (Wildman–Crippen MR) is 120 cm³/mol. The Morgan fingerprint density at radius 2 is 2.00 bits per heavy atom. The minimum absolute atomic E-state index is 0.386. The molecule has 1 aliphatic rings. The third-order valence-electron chi connectivity index (χ3n) is 5.16. The van der Waals surface area contributed by atoms with E-state index in [4.69, 9.17) is 14.5 Å². The quantitative estimate of drug-likeness (QED) is 0.483. The highest BCUT2D eigenvalue weighted by atomic mass is 32.1. The van der Waals surface area contributed by atoms with Crippen LogP contribution in [0, 0.1) is 0 Å². The standard InChI is InChI=1S/C22H32N4O2S/c1-4-23-22(24-15-17-9-10-18(27-2)14-20(17)28-3)25-16-19(21-8-7-13-29-21)26-11-5-6-12-26/h7-10,13-14,19H,4-6,11-12,15-16H2,1-3H3,(H2,23,24,25). The number of methoxy groups -OCH3 is 2. The van der Waals surface area contributed by atoms with Gasteiger partial charge in [0.15, 0.2) is 5.96 Å². The summed E-state index contributed by atoms with van der Waals surface area (Å²) in [5.74, 6) is 2.40. The first-order chi connectivity index (χ1) is 14.2. The van der Waals surface area contributed by atoms with Crippen LogP contribution in [0.25, 0.3) is 0 Å². The van der Waals surface area contributed by atoms with Gasteiger partial charge in [0.25, 0.3) is 0 Å². The second-order valence-electron chi connectivity index (χ2n) is 7.03. The van der Waals surface area contributed by atoms with E-state index >= 15 is 0 Å². The zero-order valence-electron chi connectivity index (χ0n) is 17.6. The average molecular weight is 417 g/mol. The molecular weight excluding hydrogens is 384 g/mol. The fraction of sp³-hybridized carbons (Fsp3) is 0.500. The van der Waals surface area contributed by atoms with Crippen molar-refractivity contribution in [2.75, 3.05) is 40.4 Å². The van der Waals surface area contributed by atoms with Crippen molar-refractivity contribution in [1.82, 2.24) is 15.5 Å². The summed E-state index contributed by atoms with van der Waals surface area (Å²) in [6, 6.07) is 10.6. The number of nitrogens with one attached hydrogen (secondary N) is 2. The number of guanidine groups is 1. The fourth-order valence-corrected chi connectivity index (χ4v) is 4.49. The van der Waals surface area contributed by atoms with E-state index in [0.717, 1.165) is 36.1 Å². The van der Waals surface area contributed by atoms with Crippen LogP contribution in [0.3, 0.4) is 0 Å². The molecular formula is C22H32N4O2S. The Morgan fingerprint density at radius 1 is 1.17 bits per heavy atom. The summed E-state index contributed by atoms with van der Waals surface area (Å²) in [6.07, 6.45) is 2.57. The lowest BCUT2D eigenvalue weighted by molar-refractivity contribution is 0.249. The molecule has 0 amide bonds. The molecule has 1 aromatic heterocycles. The van der Waals surface area contributed by atoms with Gasteiger partial charge in [0, 0.05) is 29.6 Å². The molecule has 6 nitrogen and oxygen atoms in total. The third-order valence-corrected chi connectivity index (χ3v) is 6.14. The summed E-state index contributed by atoms with van der Waals surface area (Å²) in [7, 11) is 3.33. The molecule has 1 atom stereocenters. The van der Waals surface area contributed by atoms with E-state index < -0.39 is 0 Å². The Balaban J connectivity index is 1.68. The Hall–Kier alpha value is -2.25. The zero-order chi connectivity index (χ0) is 20.5. The highest BCUT2D eigenvalue weighted by Crippen LogP contribution is 2.28. The van der Waals surface area contributed by atoms with Crippen LogP contribution < -0.4 is 20.1 Å². The Morgan fingerprint density at radius 3 is 2.66 bits per heavy atom. The van der Waals surface area contributed by atoms with Crippen LogP contribution in [0.4, 0.5) is 0 Å². The van der Waals surface area contributed by atoms with E-state index in [1.54, 1.807) is 14.2 Å². The normalized spacial score (nSPS) is 15.9. The predicted octanol–water partition coefficient (Wildman–Crippen LogP) is 3.66. The van der Waals surface area contributed by atoms with E-state index in [1.165, 1.54) is 30.8 Å². The minimum atomic E-state index is 0.386. The van der Waals surface area contributed by atoms with Crippen LogP contribution in [-0.4, -0.2) is 51.3 Å². The number of rotatable bonds is 9. The summed E-state index contributed by atoms with van der Waals surface area (Å²) >= 11 is 1.83. The van der Waals surface area contributed by atoms with Crippen molar-refractivity contribution in [1.29, 1.82) is 0 Å². The van der Waals surface area contributed by atoms with Gasteiger partial charge in [-0.15, -0.1) is 11.3 Å². The third kappa shape index (κ3) is 5.87. The molecule has 1 unspecified atom stereocenters. The summed E-state index contributed by atoms with van der Waals surface area (Å²) < 4.78 is 10.8. The first-order valence-electron chi connectivity index (χ1n) is 10.3. The molecule has 158 valence electrons. The lowest BCUT2D eigenvalue weighted by atomic mass is 10.2. The number of hydrogen-bond acceptors (Lipinski definition) is 5. The van der Waals surface area contributed by atoms with Gasteiger partial charge in [-0.2, -0.15) is 0 Å². The summed E-state index contributed by atoms with van der Waals surface area (Å²) in [5, 5.41) is 9.08. The topological polar surface area (TPSA) is 58.1 Å². The first kappa shape index (κ1) is 21.5. The van der Waals surface area contributed by atoms with Crippen LogP contribution in [0.1, 0.15) is 36.2 Å². The summed E-state index contributed by atoms with van der Waals surface area (Å²) in [6.45, 7) is 6.62. The molecule has 1 aromatic carbocycles. The van der Waals surface area contributed by atoms with Crippen molar-refractivity contribution >= 4 is 17.3 Å². The van der Waals surface area contributed by atoms with Crippen molar-refractivity contribution in [2.45, 2.75) is 32.4 Å². The SMILES string of the molecule is CCNC(=NCc1ccc(OC)cc1OC)NCC(c1cccs1)N1CCCC1. The number of hydrogen-bond donors (Lipinski definition) is 2. The monoisotopic (exact) mass is 416 g/mol. The molecule has 1 saturated heterocycles. The van der Waals surface area contributed by atoms with Gasteiger partial charge in [-0.25, -0.2) is 4.99 Å². The van der Waals surface area contributed by atoms with Gasteiger partial charge in [0.05, 0.1) is 26.8 Å². The molecule has 2 aromatic rings. The molecule has 0 spiro atoms. The lowest BCUT2D eigenvalue weighted by Gasteiger charge is -2.27.